The molecule has 0 saturated carbocycles. The highest BCUT2D eigenvalue weighted by Gasteiger charge is 2.51. The first kappa shape index (κ1) is 38.4. The average Bonchev–Trinajstić information content (AvgIpc) is 3.80. The minimum Gasteiger partial charge on any atom is -0.423 e. The molecule has 0 aliphatic carbocycles. The Kier molecular flexibility index (Phi) is 10.3. The van der Waals surface area contributed by atoms with Gasteiger partial charge in [0.05, 0.1) is 58.1 Å². The lowest BCUT2D eigenvalue weighted by Gasteiger charge is -2.32. The molecule has 4 aromatic carbocycles. The lowest BCUT2D eigenvalue weighted by atomic mass is 9.79. The van der Waals surface area contributed by atoms with Crippen LogP contribution in [0.3, 0.4) is 0 Å². The van der Waals surface area contributed by atoms with E-state index >= 15 is 0 Å². The molecule has 0 amide bonds. The number of rotatable bonds is 8. The lowest BCUT2D eigenvalue weighted by Crippen LogP contribution is -2.41. The summed E-state index contributed by atoms with van der Waals surface area (Å²) in [6, 6.07) is 30.7. The van der Waals surface area contributed by atoms with Gasteiger partial charge >= 0.3 is 14.2 Å². The Bertz CT molecular complexity index is 2700. The Labute approximate surface area is 336 Å². The maximum absolute atomic E-state index is 9.16. The fourth-order valence-electron chi connectivity index (χ4n) is 6.66. The molecule has 1 aliphatic rings. The molecule has 5 heterocycles. The minimum absolute atomic E-state index is 0.361. The van der Waals surface area contributed by atoms with Gasteiger partial charge in [-0.1, -0.05) is 48.5 Å². The molecule has 1 fully saturated rings. The predicted molar refractivity (Wildman–Crippen MR) is 228 cm³/mol. The highest BCUT2D eigenvalue weighted by atomic mass is 16.7. The molecule has 1 saturated heterocycles. The van der Waals surface area contributed by atoms with Crippen molar-refractivity contribution < 1.29 is 19.4 Å². The standard InChI is InChI=1S/C24H26BN5O2.C18H16BN5O2/c1-16-27-19-8-6-7-9-20(19)30(16)22-15-26-14-21(29-22)28-18-12-10-17(11-13-18)25-31-23(2,3)24(4,5)32-25;1-12-21-15-4-2-3-5-16(15)24(12)18-11-20-10-17(23-18)22-14-8-6-13(7-9-14)19(25)26/h6-15H,1-5H3,(H,28,29);2-11,25-26H,1H3,(H,22,23). The van der Waals surface area contributed by atoms with Crippen LogP contribution in [0.2, 0.25) is 0 Å². The number of benzene rings is 4. The zero-order valence-electron chi connectivity index (χ0n) is 33.0. The number of anilines is 4. The second-order valence-electron chi connectivity index (χ2n) is 14.9. The third-order valence-electron chi connectivity index (χ3n) is 10.3. The highest BCUT2D eigenvalue weighted by molar-refractivity contribution is 6.62. The summed E-state index contributed by atoms with van der Waals surface area (Å²) in [7, 11) is -1.86. The summed E-state index contributed by atoms with van der Waals surface area (Å²) in [4.78, 5) is 27.2. The molecule has 9 rings (SSSR count). The van der Waals surface area contributed by atoms with E-state index in [1.165, 1.54) is 0 Å². The van der Waals surface area contributed by atoms with Crippen LogP contribution in [0.1, 0.15) is 39.3 Å². The van der Waals surface area contributed by atoms with Crippen LogP contribution < -0.4 is 21.6 Å². The number of para-hydroxylation sites is 4. The molecule has 1 aliphatic heterocycles. The van der Waals surface area contributed by atoms with Crippen molar-refractivity contribution >= 4 is 70.2 Å². The number of fused-ring (bicyclic) bond motifs is 2. The predicted octanol–water partition coefficient (Wildman–Crippen LogP) is 5.71. The van der Waals surface area contributed by atoms with Crippen LogP contribution in [0.25, 0.3) is 33.7 Å². The molecule has 0 spiro atoms. The Morgan fingerprint density at radius 3 is 1.45 bits per heavy atom. The fourth-order valence-corrected chi connectivity index (χ4v) is 6.66. The van der Waals surface area contributed by atoms with Gasteiger partial charge in [-0.25, -0.2) is 19.9 Å². The number of aromatic nitrogens is 8. The van der Waals surface area contributed by atoms with E-state index in [1.807, 2.05) is 95.8 Å². The molecule has 14 nitrogen and oxygen atoms in total. The maximum Gasteiger partial charge on any atom is 0.494 e. The molecule has 58 heavy (non-hydrogen) atoms. The Balaban J connectivity index is 0.000000165. The quantitative estimate of drug-likeness (QED) is 0.139. The van der Waals surface area contributed by atoms with Crippen molar-refractivity contribution in [2.75, 3.05) is 10.6 Å². The second-order valence-corrected chi connectivity index (χ2v) is 14.9. The van der Waals surface area contributed by atoms with Gasteiger partial charge in [0.15, 0.2) is 23.3 Å². The molecule has 16 heteroatoms. The van der Waals surface area contributed by atoms with Crippen molar-refractivity contribution in [3.63, 3.8) is 0 Å². The Morgan fingerprint density at radius 1 is 0.569 bits per heavy atom. The summed E-state index contributed by atoms with van der Waals surface area (Å²) in [5, 5.41) is 24.8. The summed E-state index contributed by atoms with van der Waals surface area (Å²) in [6.07, 6.45) is 6.78. The average molecular weight is 772 g/mol. The molecular weight excluding hydrogens is 730 g/mol. The summed E-state index contributed by atoms with van der Waals surface area (Å²) in [5.74, 6) is 4.32. The van der Waals surface area contributed by atoms with Gasteiger partial charge in [-0.05, 0) is 101 Å². The summed E-state index contributed by atoms with van der Waals surface area (Å²) < 4.78 is 16.2. The molecule has 0 radical (unpaired) electrons. The minimum atomic E-state index is -1.48. The summed E-state index contributed by atoms with van der Waals surface area (Å²) in [5.41, 5.74) is 6.18. The van der Waals surface area contributed by atoms with E-state index in [9.17, 15) is 0 Å². The van der Waals surface area contributed by atoms with Crippen molar-refractivity contribution in [3.05, 3.63) is 133 Å². The third kappa shape index (κ3) is 7.78. The van der Waals surface area contributed by atoms with E-state index in [2.05, 4.69) is 63.2 Å². The highest BCUT2D eigenvalue weighted by Crippen LogP contribution is 2.36. The molecule has 0 unspecified atom stereocenters. The molecule has 290 valence electrons. The smallest absolute Gasteiger partial charge is 0.423 e. The van der Waals surface area contributed by atoms with Gasteiger partial charge in [-0.2, -0.15) is 0 Å². The van der Waals surface area contributed by atoms with Crippen LogP contribution in [0, 0.1) is 13.8 Å². The van der Waals surface area contributed by atoms with Gasteiger partial charge in [0.25, 0.3) is 0 Å². The van der Waals surface area contributed by atoms with Crippen LogP contribution in [0.4, 0.5) is 23.0 Å². The van der Waals surface area contributed by atoms with E-state index in [0.717, 1.165) is 56.4 Å². The number of nitrogens with zero attached hydrogens (tertiary/aromatic N) is 8. The summed E-state index contributed by atoms with van der Waals surface area (Å²) >= 11 is 0. The van der Waals surface area contributed by atoms with E-state index in [0.29, 0.717) is 22.9 Å². The van der Waals surface area contributed by atoms with Crippen LogP contribution in [-0.4, -0.2) is 74.5 Å². The first-order chi connectivity index (χ1) is 27.8. The van der Waals surface area contributed by atoms with Gasteiger partial charge in [0.1, 0.15) is 11.6 Å². The van der Waals surface area contributed by atoms with E-state index < -0.39 is 7.12 Å². The number of hydrogen-bond acceptors (Lipinski definition) is 12. The molecule has 0 atom stereocenters. The number of nitrogens with one attached hydrogen (secondary N) is 2. The Morgan fingerprint density at radius 2 is 1.00 bits per heavy atom. The SMILES string of the molecule is Cc1nc2ccccc2n1-c1cncc(Nc2ccc(B(O)O)cc2)n1.Cc1nc2ccccc2n1-c1cncc(Nc2ccc(B3OC(C)(C)C(C)(C)O3)cc2)n1. The topological polar surface area (TPSA) is 170 Å². The van der Waals surface area contributed by atoms with Gasteiger partial charge in [-0.15, -0.1) is 0 Å². The largest absolute Gasteiger partial charge is 0.494 e. The third-order valence-corrected chi connectivity index (χ3v) is 10.3. The van der Waals surface area contributed by atoms with Crippen molar-refractivity contribution in [3.8, 4) is 11.6 Å². The first-order valence-corrected chi connectivity index (χ1v) is 18.8. The Hall–Kier alpha value is -6.45. The zero-order chi connectivity index (χ0) is 40.6. The van der Waals surface area contributed by atoms with Crippen molar-refractivity contribution in [1.29, 1.82) is 0 Å². The van der Waals surface area contributed by atoms with Crippen LogP contribution >= 0.6 is 0 Å². The fraction of sp³-hybridized carbons (Fsp3) is 0.190. The van der Waals surface area contributed by atoms with Crippen LogP contribution in [0.5, 0.6) is 0 Å². The normalized spacial score (nSPS) is 14.3. The number of hydrogen-bond donors (Lipinski definition) is 4. The molecule has 4 N–H and O–H groups in total. The zero-order valence-corrected chi connectivity index (χ0v) is 33.0. The van der Waals surface area contributed by atoms with Crippen LogP contribution in [0.15, 0.2) is 122 Å². The van der Waals surface area contributed by atoms with Crippen LogP contribution in [-0.2, 0) is 9.31 Å². The number of aryl methyl sites for hydroxylation is 2. The monoisotopic (exact) mass is 772 g/mol. The second kappa shape index (κ2) is 15.5. The van der Waals surface area contributed by atoms with Gasteiger partial charge in [-0.3, -0.25) is 19.1 Å². The van der Waals surface area contributed by atoms with Gasteiger partial charge in [0.2, 0.25) is 0 Å². The van der Waals surface area contributed by atoms with E-state index in [1.54, 1.807) is 49.1 Å². The van der Waals surface area contributed by atoms with Gasteiger partial charge < -0.3 is 30.0 Å². The van der Waals surface area contributed by atoms with Gasteiger partial charge in [0, 0.05) is 11.4 Å². The molecule has 0 bridgehead atoms. The van der Waals surface area contributed by atoms with Crippen molar-refractivity contribution in [1.82, 2.24) is 39.0 Å². The maximum atomic E-state index is 9.16. The summed E-state index contributed by atoms with van der Waals surface area (Å²) in [6.45, 7) is 12.1. The van der Waals surface area contributed by atoms with Crippen molar-refractivity contribution in [2.24, 2.45) is 0 Å². The molecular formula is C42H42B2N10O4. The van der Waals surface area contributed by atoms with E-state index in [-0.39, 0.29) is 18.3 Å². The molecule has 4 aromatic heterocycles. The lowest BCUT2D eigenvalue weighted by molar-refractivity contribution is 0.00578. The van der Waals surface area contributed by atoms with E-state index in [4.69, 9.17) is 24.3 Å². The number of imidazole rings is 2. The van der Waals surface area contributed by atoms with Crippen molar-refractivity contribution in [2.45, 2.75) is 52.7 Å². The first-order valence-electron chi connectivity index (χ1n) is 18.8. The molecule has 8 aromatic rings.